The molecule has 6 nitrogen and oxygen atoms in total. The fourth-order valence-corrected chi connectivity index (χ4v) is 4.63. The van der Waals surface area contributed by atoms with E-state index in [2.05, 4.69) is 10.2 Å². The lowest BCUT2D eigenvalue weighted by atomic mass is 9.95. The smallest absolute Gasteiger partial charge is 0.251 e. The van der Waals surface area contributed by atoms with Crippen LogP contribution >= 0.6 is 0 Å². The average molecular weight is 380 g/mol. The Balaban J connectivity index is 1.55. The topological polar surface area (TPSA) is 69.7 Å². The molecule has 0 spiro atoms. The number of nitrogens with one attached hydrogen (secondary N) is 1. The van der Waals surface area contributed by atoms with Crippen LogP contribution in [0, 0.1) is 0 Å². The van der Waals surface area contributed by atoms with E-state index < -0.39 is 10.0 Å². The SMILES string of the molecule is CS(=O)(=O)N1CCN(Cc2cccc(C(=O)NC3CCCCC3)c2)CC1. The van der Waals surface area contributed by atoms with Crippen LogP contribution in [0.25, 0.3) is 0 Å². The van der Waals surface area contributed by atoms with Crippen molar-refractivity contribution in [1.29, 1.82) is 0 Å². The van der Waals surface area contributed by atoms with Gasteiger partial charge in [0.05, 0.1) is 6.26 Å². The number of benzene rings is 1. The molecule has 1 aromatic rings. The average Bonchev–Trinajstić information content (AvgIpc) is 2.62. The summed E-state index contributed by atoms with van der Waals surface area (Å²) in [5.41, 5.74) is 1.80. The fraction of sp³-hybridized carbons (Fsp3) is 0.632. The summed E-state index contributed by atoms with van der Waals surface area (Å²) in [6, 6.07) is 8.09. The number of piperazine rings is 1. The third-order valence-electron chi connectivity index (χ3n) is 5.34. The predicted octanol–water partition coefficient (Wildman–Crippen LogP) is 1.83. The first kappa shape index (κ1) is 19.3. The Hall–Kier alpha value is -1.44. The van der Waals surface area contributed by atoms with Crippen molar-refractivity contribution < 1.29 is 13.2 Å². The van der Waals surface area contributed by atoms with Crippen molar-refractivity contribution in [3.05, 3.63) is 35.4 Å². The Morgan fingerprint density at radius 2 is 1.81 bits per heavy atom. The molecule has 1 aliphatic heterocycles. The molecule has 0 bridgehead atoms. The largest absolute Gasteiger partial charge is 0.349 e. The monoisotopic (exact) mass is 379 g/mol. The summed E-state index contributed by atoms with van der Waals surface area (Å²) in [5.74, 6) is 0.0145. The van der Waals surface area contributed by atoms with Crippen LogP contribution in [0.5, 0.6) is 0 Å². The molecular weight excluding hydrogens is 350 g/mol. The molecule has 7 heteroatoms. The highest BCUT2D eigenvalue weighted by atomic mass is 32.2. The molecule has 0 aromatic heterocycles. The number of sulfonamides is 1. The summed E-state index contributed by atoms with van der Waals surface area (Å²) in [4.78, 5) is 14.7. The molecule has 26 heavy (non-hydrogen) atoms. The summed E-state index contributed by atoms with van der Waals surface area (Å²) < 4.78 is 24.7. The molecule has 1 heterocycles. The molecule has 1 aliphatic carbocycles. The first-order valence-electron chi connectivity index (χ1n) is 9.49. The van der Waals surface area contributed by atoms with Gasteiger partial charge in [-0.15, -0.1) is 0 Å². The van der Waals surface area contributed by atoms with E-state index in [0.717, 1.165) is 24.9 Å². The number of carbonyl (C=O) groups excluding carboxylic acids is 1. The van der Waals surface area contributed by atoms with E-state index in [9.17, 15) is 13.2 Å². The Morgan fingerprint density at radius 1 is 1.12 bits per heavy atom. The number of nitrogens with zero attached hydrogens (tertiary/aromatic N) is 2. The Labute approximate surface area is 156 Å². The molecule has 2 aliphatic rings. The highest BCUT2D eigenvalue weighted by molar-refractivity contribution is 7.88. The Morgan fingerprint density at radius 3 is 2.46 bits per heavy atom. The molecule has 2 fully saturated rings. The maximum Gasteiger partial charge on any atom is 0.251 e. The minimum absolute atomic E-state index is 0.0145. The van der Waals surface area contributed by atoms with Crippen molar-refractivity contribution in [2.45, 2.75) is 44.7 Å². The summed E-state index contributed by atoms with van der Waals surface area (Å²) in [7, 11) is -3.10. The lowest BCUT2D eigenvalue weighted by Gasteiger charge is -2.33. The second kappa shape index (κ2) is 8.50. The van der Waals surface area contributed by atoms with Gasteiger partial charge < -0.3 is 5.32 Å². The number of hydrogen-bond donors (Lipinski definition) is 1. The van der Waals surface area contributed by atoms with Crippen LogP contribution in [0.15, 0.2) is 24.3 Å². The maximum atomic E-state index is 12.5. The van der Waals surface area contributed by atoms with Gasteiger partial charge in [-0.3, -0.25) is 9.69 Å². The van der Waals surface area contributed by atoms with Gasteiger partial charge >= 0.3 is 0 Å². The van der Waals surface area contributed by atoms with Crippen LogP contribution in [0.4, 0.5) is 0 Å². The second-order valence-corrected chi connectivity index (χ2v) is 9.43. The summed E-state index contributed by atoms with van der Waals surface area (Å²) >= 11 is 0. The van der Waals surface area contributed by atoms with E-state index in [1.807, 2.05) is 24.3 Å². The quantitative estimate of drug-likeness (QED) is 0.847. The van der Waals surface area contributed by atoms with Crippen molar-refractivity contribution in [3.63, 3.8) is 0 Å². The van der Waals surface area contributed by atoms with Gasteiger partial charge in [0, 0.05) is 44.3 Å². The molecule has 1 saturated carbocycles. The van der Waals surface area contributed by atoms with E-state index >= 15 is 0 Å². The molecule has 1 N–H and O–H groups in total. The number of carbonyl (C=O) groups is 1. The summed E-state index contributed by atoms with van der Waals surface area (Å²) in [5, 5.41) is 3.16. The zero-order valence-corrected chi connectivity index (χ0v) is 16.3. The number of rotatable bonds is 5. The van der Waals surface area contributed by atoms with Crippen molar-refractivity contribution in [2.24, 2.45) is 0 Å². The fourth-order valence-electron chi connectivity index (χ4n) is 3.80. The number of amides is 1. The van der Waals surface area contributed by atoms with Crippen LogP contribution in [0.2, 0.25) is 0 Å². The summed E-state index contributed by atoms with van der Waals surface area (Å²) in [6.45, 7) is 3.22. The first-order chi connectivity index (χ1) is 12.4. The molecule has 3 rings (SSSR count). The molecule has 1 amide bonds. The zero-order chi connectivity index (χ0) is 18.6. The second-order valence-electron chi connectivity index (χ2n) is 7.45. The summed E-state index contributed by atoms with van der Waals surface area (Å²) in [6.07, 6.45) is 7.09. The zero-order valence-electron chi connectivity index (χ0n) is 15.5. The van der Waals surface area contributed by atoms with E-state index in [-0.39, 0.29) is 5.91 Å². The van der Waals surface area contributed by atoms with Gasteiger partial charge in [0.25, 0.3) is 5.91 Å². The van der Waals surface area contributed by atoms with Gasteiger partial charge in [-0.2, -0.15) is 4.31 Å². The molecule has 0 unspecified atom stereocenters. The highest BCUT2D eigenvalue weighted by Crippen LogP contribution is 2.18. The van der Waals surface area contributed by atoms with Crippen LogP contribution in [0.3, 0.4) is 0 Å². The van der Waals surface area contributed by atoms with Gasteiger partial charge in [-0.1, -0.05) is 31.4 Å². The van der Waals surface area contributed by atoms with Gasteiger partial charge in [0.15, 0.2) is 0 Å². The van der Waals surface area contributed by atoms with E-state index in [1.165, 1.54) is 29.8 Å². The van der Waals surface area contributed by atoms with Crippen LogP contribution in [-0.4, -0.2) is 62.0 Å². The molecule has 1 aromatic carbocycles. The minimum Gasteiger partial charge on any atom is -0.349 e. The Kier molecular flexibility index (Phi) is 6.32. The molecule has 1 saturated heterocycles. The van der Waals surface area contributed by atoms with E-state index in [0.29, 0.717) is 37.8 Å². The third-order valence-corrected chi connectivity index (χ3v) is 6.64. The van der Waals surface area contributed by atoms with Gasteiger partial charge in [0.1, 0.15) is 0 Å². The van der Waals surface area contributed by atoms with Crippen molar-refractivity contribution in [1.82, 2.24) is 14.5 Å². The van der Waals surface area contributed by atoms with Crippen molar-refractivity contribution in [3.8, 4) is 0 Å². The van der Waals surface area contributed by atoms with Gasteiger partial charge in [-0.05, 0) is 30.5 Å². The van der Waals surface area contributed by atoms with Crippen LogP contribution < -0.4 is 5.32 Å². The molecule has 0 radical (unpaired) electrons. The van der Waals surface area contributed by atoms with Crippen molar-refractivity contribution in [2.75, 3.05) is 32.4 Å². The molecule has 0 atom stereocenters. The molecular formula is C19H29N3O3S. The predicted molar refractivity (Wildman–Crippen MR) is 102 cm³/mol. The first-order valence-corrected chi connectivity index (χ1v) is 11.3. The van der Waals surface area contributed by atoms with Gasteiger partial charge in [-0.25, -0.2) is 8.42 Å². The molecule has 144 valence electrons. The van der Waals surface area contributed by atoms with Crippen molar-refractivity contribution >= 4 is 15.9 Å². The van der Waals surface area contributed by atoms with E-state index in [1.54, 1.807) is 0 Å². The third kappa shape index (κ3) is 5.28. The van der Waals surface area contributed by atoms with Gasteiger partial charge in [0.2, 0.25) is 10.0 Å². The Bertz CT molecular complexity index is 721. The maximum absolute atomic E-state index is 12.5. The lowest BCUT2D eigenvalue weighted by molar-refractivity contribution is 0.0927. The highest BCUT2D eigenvalue weighted by Gasteiger charge is 2.23. The normalized spacial score (nSPS) is 20.8. The minimum atomic E-state index is -3.10. The van der Waals surface area contributed by atoms with E-state index in [4.69, 9.17) is 0 Å². The number of hydrogen-bond acceptors (Lipinski definition) is 4. The van der Waals surface area contributed by atoms with Crippen LogP contribution in [0.1, 0.15) is 48.0 Å². The lowest BCUT2D eigenvalue weighted by Crippen LogP contribution is -2.47. The van der Waals surface area contributed by atoms with Crippen LogP contribution in [-0.2, 0) is 16.6 Å². The standard InChI is InChI=1S/C19H29N3O3S/c1-26(24,25)22-12-10-21(11-13-22)15-16-6-5-7-17(14-16)19(23)20-18-8-3-2-4-9-18/h5-7,14,18H,2-4,8-13,15H2,1H3,(H,20,23).